The van der Waals surface area contributed by atoms with Crippen LogP contribution in [-0.4, -0.2) is 73.8 Å². The number of carbonyl (C=O) groups is 1. The molecule has 0 bridgehead atoms. The van der Waals surface area contributed by atoms with E-state index in [0.29, 0.717) is 11.3 Å². The molecule has 2 aromatic heterocycles. The van der Waals surface area contributed by atoms with Crippen LogP contribution in [0.4, 0.5) is 16.2 Å². The van der Waals surface area contributed by atoms with Crippen molar-refractivity contribution in [2.75, 3.05) is 24.7 Å². The molecule has 0 aromatic carbocycles. The number of aliphatic hydroxyl groups is 1. The van der Waals surface area contributed by atoms with Gasteiger partial charge < -0.3 is 25.6 Å². The summed E-state index contributed by atoms with van der Waals surface area (Å²) in [5.41, 5.74) is 1.87. The third-order valence-electron chi connectivity index (χ3n) is 5.63. The van der Waals surface area contributed by atoms with E-state index < -0.39 is 49.9 Å². The molecule has 13 nitrogen and oxygen atoms in total. The van der Waals surface area contributed by atoms with Crippen LogP contribution >= 0.6 is 8.18 Å². The van der Waals surface area contributed by atoms with Crippen LogP contribution in [0.25, 0.3) is 11.2 Å². The van der Waals surface area contributed by atoms with E-state index in [2.05, 4.69) is 25.4 Å². The fourth-order valence-corrected chi connectivity index (χ4v) is 4.82. The molecule has 1 aliphatic heterocycles. The van der Waals surface area contributed by atoms with Gasteiger partial charge in [-0.15, -0.1) is 4.52 Å². The zero-order valence-corrected chi connectivity index (χ0v) is 18.7. The molecule has 15 heteroatoms. The van der Waals surface area contributed by atoms with Gasteiger partial charge in [-0.05, 0) is 25.3 Å². The molecule has 32 heavy (non-hydrogen) atoms. The number of nitrogen functional groups attached to an aromatic ring is 1. The second-order valence-corrected chi connectivity index (χ2v) is 8.68. The number of nitrogens with two attached hydrogens (primary N) is 1. The first-order chi connectivity index (χ1) is 15.1. The maximum atomic E-state index is 15.9. The van der Waals surface area contributed by atoms with Crippen LogP contribution < -0.4 is 16.1 Å². The van der Waals surface area contributed by atoms with Gasteiger partial charge in [0.2, 0.25) is 5.95 Å². The molecular weight excluding hydrogens is 448 g/mol. The predicted octanol–water partition coefficient (Wildman–Crippen LogP) is 0.404. The number of nitrogens with zero attached hydrogens (tertiary/aromatic N) is 4. The molecule has 0 amide bonds. The van der Waals surface area contributed by atoms with E-state index in [0.717, 1.165) is 6.92 Å². The number of nitrogens with one attached hydrogen (secondary N) is 2. The van der Waals surface area contributed by atoms with E-state index >= 15 is 4.39 Å². The monoisotopic (exact) mass is 472 g/mol. The summed E-state index contributed by atoms with van der Waals surface area (Å²) in [4.78, 5) is 24.0. The van der Waals surface area contributed by atoms with Gasteiger partial charge in [-0.3, -0.25) is 9.36 Å². The van der Waals surface area contributed by atoms with Crippen LogP contribution in [0.1, 0.15) is 27.0 Å². The van der Waals surface area contributed by atoms with E-state index in [1.54, 1.807) is 14.0 Å². The van der Waals surface area contributed by atoms with Gasteiger partial charge in [0, 0.05) is 7.05 Å². The summed E-state index contributed by atoms with van der Waals surface area (Å²) in [6, 6.07) is -0.916. The van der Waals surface area contributed by atoms with E-state index in [-0.39, 0.29) is 18.2 Å². The lowest BCUT2D eigenvalue weighted by Gasteiger charge is -2.29. The van der Waals surface area contributed by atoms with Crippen LogP contribution in [0.3, 0.4) is 0 Å². The van der Waals surface area contributed by atoms with Gasteiger partial charge in [-0.2, -0.15) is 9.97 Å². The van der Waals surface area contributed by atoms with E-state index in [1.807, 2.05) is 0 Å². The Morgan fingerprint density at radius 1 is 1.53 bits per heavy atom. The maximum Gasteiger partial charge on any atom is 0.614 e. The first-order valence-corrected chi connectivity index (χ1v) is 11.0. The average molecular weight is 472 g/mol. The van der Waals surface area contributed by atoms with Gasteiger partial charge in [0.15, 0.2) is 40.6 Å². The Morgan fingerprint density at radius 2 is 2.25 bits per heavy atom. The van der Waals surface area contributed by atoms with E-state index in [4.69, 9.17) is 19.7 Å². The second-order valence-electron chi connectivity index (χ2n) is 7.70. The molecule has 5 N–H and O–H groups in total. The minimum absolute atomic E-state index is 0.0500. The van der Waals surface area contributed by atoms with Gasteiger partial charge in [0.05, 0.1) is 12.9 Å². The van der Waals surface area contributed by atoms with Gasteiger partial charge in [0.1, 0.15) is 12.1 Å². The van der Waals surface area contributed by atoms with Crippen molar-refractivity contribution < 1.29 is 32.9 Å². The quantitative estimate of drug-likeness (QED) is 0.308. The third kappa shape index (κ3) is 3.30. The van der Waals surface area contributed by atoms with E-state index in [1.165, 1.54) is 17.8 Å². The number of imidazole rings is 1. The highest BCUT2D eigenvalue weighted by Crippen LogP contribution is 2.64. The summed E-state index contributed by atoms with van der Waals surface area (Å²) in [5, 5.41) is 16.2. The number of ether oxygens (including phenoxy) is 2. The number of halogens is 1. The molecule has 2 aromatic rings. The zero-order valence-electron chi connectivity index (χ0n) is 17.8. The van der Waals surface area contributed by atoms with Crippen LogP contribution in [0, 0.1) is 0 Å². The summed E-state index contributed by atoms with van der Waals surface area (Å²) in [7, 11) is -0.981. The van der Waals surface area contributed by atoms with E-state index in [9.17, 15) is 14.5 Å². The second kappa shape index (κ2) is 7.81. The molecule has 3 heterocycles. The molecule has 7 atom stereocenters. The number of esters is 1. The van der Waals surface area contributed by atoms with Crippen LogP contribution in [-0.2, 0) is 23.4 Å². The van der Waals surface area contributed by atoms with Crippen molar-refractivity contribution in [2.24, 2.45) is 0 Å². The SMILES string of the molecule is CCOC(=O)[C@@H](C)N[P+](=O)OC1[C@H]2O[C@@H](n3cnc4c(NC)nc(N)nc43)[C@](C)(F)[C@@]12O. The molecule has 0 spiro atoms. The summed E-state index contributed by atoms with van der Waals surface area (Å²) in [6.07, 6.45) is -2.29. The molecule has 1 saturated heterocycles. The average Bonchev–Trinajstić information content (AvgIpc) is 3.00. The van der Waals surface area contributed by atoms with Crippen molar-refractivity contribution in [3.63, 3.8) is 0 Å². The standard InChI is InChI=1S/C17H24FN7O6P/c1-5-29-13(26)7(2)24-32(28)31-10-9-17(10,27)16(3,18)14(30-9)25-6-21-8-11(20-4)22-15(19)23-12(8)25/h6-7,9-10,14,27H,5H2,1-4H3,(H,24,28)(H3,19,20,22,23)/q+1/t7-,9-,10?,14-,16+,17+/m1/s1. The fourth-order valence-electron chi connectivity index (χ4n) is 3.86. The first-order valence-electron chi connectivity index (χ1n) is 9.87. The number of anilines is 2. The van der Waals surface area contributed by atoms with Gasteiger partial charge in [-0.25, -0.2) is 9.37 Å². The zero-order chi connectivity index (χ0) is 23.4. The van der Waals surface area contributed by atoms with Crippen molar-refractivity contribution >= 4 is 37.1 Å². The van der Waals surface area contributed by atoms with Gasteiger partial charge in [0.25, 0.3) is 0 Å². The fraction of sp³-hybridized carbons (Fsp3) is 0.647. The molecule has 1 aliphatic carbocycles. The number of hydrogen-bond donors (Lipinski definition) is 4. The van der Waals surface area contributed by atoms with Crippen molar-refractivity contribution in [1.82, 2.24) is 24.6 Å². The Morgan fingerprint density at radius 3 is 2.84 bits per heavy atom. The topological polar surface area (TPSA) is 176 Å². The van der Waals surface area contributed by atoms with Crippen molar-refractivity contribution in [2.45, 2.75) is 56.5 Å². The highest BCUT2D eigenvalue weighted by molar-refractivity contribution is 7.36. The third-order valence-corrected chi connectivity index (χ3v) is 6.65. The Kier molecular flexibility index (Phi) is 5.54. The van der Waals surface area contributed by atoms with Gasteiger partial charge >= 0.3 is 14.1 Å². The number of aromatic nitrogens is 4. The number of fused-ring (bicyclic) bond motifs is 2. The number of alkyl halides is 1. The lowest BCUT2D eigenvalue weighted by molar-refractivity contribution is -0.144. The molecule has 2 unspecified atom stereocenters. The normalized spacial score (nSPS) is 32.4. The highest BCUT2D eigenvalue weighted by atomic mass is 31.1. The molecule has 174 valence electrons. The van der Waals surface area contributed by atoms with Crippen molar-refractivity contribution in [3.8, 4) is 0 Å². The highest BCUT2D eigenvalue weighted by Gasteiger charge is 2.86. The number of rotatable bonds is 8. The Bertz CT molecular complexity index is 1080. The minimum Gasteiger partial charge on any atom is -0.465 e. The smallest absolute Gasteiger partial charge is 0.465 e. The first kappa shape index (κ1) is 22.7. The largest absolute Gasteiger partial charge is 0.614 e. The molecule has 4 rings (SSSR count). The lowest BCUT2D eigenvalue weighted by atomic mass is 9.97. The maximum absolute atomic E-state index is 15.9. The summed E-state index contributed by atoms with van der Waals surface area (Å²) in [6.45, 7) is 4.40. The predicted molar refractivity (Wildman–Crippen MR) is 109 cm³/mol. The Labute approximate surface area is 182 Å². The molecule has 2 aliphatic rings. The summed E-state index contributed by atoms with van der Waals surface area (Å²) >= 11 is 0. The Balaban J connectivity index is 1.51. The van der Waals surface area contributed by atoms with Crippen LogP contribution in [0.5, 0.6) is 0 Å². The summed E-state index contributed by atoms with van der Waals surface area (Å²) in [5.74, 6) is -0.310. The van der Waals surface area contributed by atoms with Gasteiger partial charge in [-0.1, -0.05) is 5.09 Å². The minimum atomic E-state index is -2.61. The Hall–Kier alpha value is -2.51. The number of carbonyl (C=O) groups excluding carboxylic acids is 1. The molecular formula is C17H24FN7O6P+. The molecule has 0 radical (unpaired) electrons. The summed E-state index contributed by atoms with van der Waals surface area (Å²) < 4.78 is 45.3. The van der Waals surface area contributed by atoms with Crippen molar-refractivity contribution in [3.05, 3.63) is 6.33 Å². The van der Waals surface area contributed by atoms with Crippen molar-refractivity contribution in [1.29, 1.82) is 0 Å². The molecule has 1 saturated carbocycles. The molecule has 2 fully saturated rings. The van der Waals surface area contributed by atoms with Crippen LogP contribution in [0.2, 0.25) is 0 Å². The van der Waals surface area contributed by atoms with Crippen LogP contribution in [0.15, 0.2) is 6.33 Å². The lowest BCUT2D eigenvalue weighted by Crippen LogP contribution is -2.45. The number of hydrogen-bond acceptors (Lipinski definition) is 11.